The zero-order valence-corrected chi connectivity index (χ0v) is 33.7. The Kier molecular flexibility index (Phi) is 18.2. The molecule has 0 radical (unpaired) electrons. The van der Waals surface area contributed by atoms with E-state index in [9.17, 15) is 35.9 Å². The summed E-state index contributed by atoms with van der Waals surface area (Å²) in [4.78, 5) is 43.2. The molecule has 10 atom stereocenters. The van der Waals surface area contributed by atoms with Gasteiger partial charge in [0.25, 0.3) is 0 Å². The number of carboxylic acids is 2. The van der Waals surface area contributed by atoms with Gasteiger partial charge >= 0.3 is 30.3 Å². The molecule has 0 aliphatic heterocycles. The van der Waals surface area contributed by atoms with Gasteiger partial charge in [0.05, 0.1) is 6.04 Å². The average molecular weight is 814 g/mol. The fourth-order valence-corrected chi connectivity index (χ4v) is 10.0. The molecule has 4 rings (SSSR count). The van der Waals surface area contributed by atoms with E-state index in [2.05, 4.69) is 46.0 Å². The standard InChI is InChI=1S/C36H63N3O3.2C2HF3O2/c1-23(2)10-9-11-24(3)29-15-16-30-28-14-13-26-22-27(17-19-35(26,5)31(28)18-20-36(29,30)6)42-34(41)25(4)39-33(40)32(38)12-7-8-21-37;2*3-2(4,5)1(6)7/h13,23-25,27-32H,7-12,14-22,37-38H2,1-6H3,(H,39,40);2*(H,6,7)/t24-,25-,27?,28?,29-,30?,31?,32?,35+,36-;;/m1../s1. The van der Waals surface area contributed by atoms with Crippen LogP contribution in [0.15, 0.2) is 11.6 Å². The first kappa shape index (κ1) is 49.3. The van der Waals surface area contributed by atoms with Crippen LogP contribution < -0.4 is 16.8 Å². The van der Waals surface area contributed by atoms with E-state index in [4.69, 9.17) is 36.0 Å². The fourth-order valence-electron chi connectivity index (χ4n) is 10.0. The highest BCUT2D eigenvalue weighted by Gasteiger charge is 2.59. The molecular formula is C40H65F6N3O7. The van der Waals surface area contributed by atoms with Crippen LogP contribution in [0.4, 0.5) is 26.3 Å². The second kappa shape index (κ2) is 20.7. The summed E-state index contributed by atoms with van der Waals surface area (Å²) in [5, 5.41) is 17.0. The van der Waals surface area contributed by atoms with Crippen LogP contribution in [0.3, 0.4) is 0 Å². The van der Waals surface area contributed by atoms with E-state index in [1.807, 2.05) is 0 Å². The Balaban J connectivity index is 0.000000657. The molecular weight excluding hydrogens is 748 g/mol. The van der Waals surface area contributed by atoms with Crippen LogP contribution in [0.2, 0.25) is 0 Å². The summed E-state index contributed by atoms with van der Waals surface area (Å²) in [6, 6.07) is -1.32. The van der Waals surface area contributed by atoms with Crippen LogP contribution in [-0.2, 0) is 23.9 Å². The minimum atomic E-state index is -5.08. The second-order valence-corrected chi connectivity index (χ2v) is 17.3. The number of carboxylic acid groups (broad SMARTS) is 2. The van der Waals surface area contributed by atoms with Crippen molar-refractivity contribution in [3.05, 3.63) is 11.6 Å². The molecule has 3 saturated carbocycles. The predicted molar refractivity (Wildman–Crippen MR) is 199 cm³/mol. The number of rotatable bonds is 13. The van der Waals surface area contributed by atoms with E-state index in [1.165, 1.54) is 56.9 Å². The summed E-state index contributed by atoms with van der Waals surface area (Å²) < 4.78 is 69.5. The number of fused-ring (bicyclic) bond motifs is 5. The SMILES string of the molecule is CC(C)CCC[C@@H](C)[C@H]1CCC2C3CC=C4CC(OC(=O)[C@@H](C)NC(=O)C(N)CCCCN)CC[C@]4(C)C3CC[C@@]21C.O=C(O)C(F)(F)F.O=C(O)C(F)(F)F. The summed E-state index contributed by atoms with van der Waals surface area (Å²) in [6.07, 6.45) is 8.21. The second-order valence-electron chi connectivity index (χ2n) is 17.3. The predicted octanol–water partition coefficient (Wildman–Crippen LogP) is 8.17. The third-order valence-corrected chi connectivity index (χ3v) is 13.0. The van der Waals surface area contributed by atoms with Crippen LogP contribution in [0, 0.1) is 46.3 Å². The van der Waals surface area contributed by atoms with E-state index in [0.717, 1.165) is 67.6 Å². The Morgan fingerprint density at radius 2 is 1.45 bits per heavy atom. The number of hydrogen-bond acceptors (Lipinski definition) is 7. The highest BCUT2D eigenvalue weighted by molar-refractivity contribution is 5.87. The molecule has 3 fully saturated rings. The quantitative estimate of drug-likeness (QED) is 0.0530. The number of nitrogens with two attached hydrogens (primary N) is 2. The van der Waals surface area contributed by atoms with E-state index in [1.54, 1.807) is 6.92 Å². The highest BCUT2D eigenvalue weighted by atomic mass is 19.4. The minimum absolute atomic E-state index is 0.109. The number of nitrogens with one attached hydrogen (secondary N) is 1. The third kappa shape index (κ3) is 13.3. The zero-order chi connectivity index (χ0) is 42.8. The zero-order valence-electron chi connectivity index (χ0n) is 33.7. The topological polar surface area (TPSA) is 182 Å². The van der Waals surface area contributed by atoms with Crippen LogP contribution >= 0.6 is 0 Å². The molecule has 56 heavy (non-hydrogen) atoms. The average Bonchev–Trinajstić information content (AvgIpc) is 3.45. The van der Waals surface area contributed by atoms with Crippen molar-refractivity contribution < 1.29 is 60.5 Å². The largest absolute Gasteiger partial charge is 0.490 e. The molecule has 324 valence electrons. The molecule has 5 unspecified atom stereocenters. The molecule has 0 saturated heterocycles. The molecule has 0 spiro atoms. The lowest BCUT2D eigenvalue weighted by atomic mass is 9.47. The number of carbonyl (C=O) groups is 4. The fraction of sp³-hybridized carbons (Fsp3) is 0.850. The number of halogens is 6. The van der Waals surface area contributed by atoms with Crippen molar-refractivity contribution in [2.45, 2.75) is 162 Å². The summed E-state index contributed by atoms with van der Waals surface area (Å²) in [6.45, 7) is 14.7. The Morgan fingerprint density at radius 3 is 1.98 bits per heavy atom. The normalized spacial score (nSPS) is 30.0. The highest BCUT2D eigenvalue weighted by Crippen LogP contribution is 2.67. The van der Waals surface area contributed by atoms with Gasteiger partial charge in [0, 0.05) is 6.42 Å². The molecule has 4 aliphatic rings. The van der Waals surface area contributed by atoms with Gasteiger partial charge < -0.3 is 31.7 Å². The third-order valence-electron chi connectivity index (χ3n) is 13.0. The number of allylic oxidation sites excluding steroid dienone is 1. The smallest absolute Gasteiger partial charge is 0.475 e. The minimum Gasteiger partial charge on any atom is -0.475 e. The van der Waals surface area contributed by atoms with Gasteiger partial charge in [0.2, 0.25) is 5.91 Å². The Bertz CT molecular complexity index is 1330. The molecule has 7 N–H and O–H groups in total. The maximum absolute atomic E-state index is 12.9. The van der Waals surface area contributed by atoms with Gasteiger partial charge in [-0.1, -0.05) is 72.0 Å². The molecule has 0 heterocycles. The number of aliphatic carboxylic acids is 2. The molecule has 0 aromatic rings. The van der Waals surface area contributed by atoms with Crippen molar-refractivity contribution in [3.63, 3.8) is 0 Å². The molecule has 1 amide bonds. The van der Waals surface area contributed by atoms with Crippen LogP contribution in [-0.4, -0.2) is 71.1 Å². The van der Waals surface area contributed by atoms with Crippen molar-refractivity contribution in [2.24, 2.45) is 57.8 Å². The van der Waals surface area contributed by atoms with Crippen LogP contribution in [0.5, 0.6) is 0 Å². The number of esters is 1. The lowest BCUT2D eigenvalue weighted by Crippen LogP contribution is -2.51. The summed E-state index contributed by atoms with van der Waals surface area (Å²) in [5.41, 5.74) is 13.8. The molecule has 16 heteroatoms. The van der Waals surface area contributed by atoms with E-state index < -0.39 is 36.4 Å². The monoisotopic (exact) mass is 813 g/mol. The summed E-state index contributed by atoms with van der Waals surface area (Å²) in [5.74, 6) is -1.23. The molecule has 4 aliphatic carbocycles. The Labute approximate surface area is 327 Å². The van der Waals surface area contributed by atoms with E-state index in [-0.39, 0.29) is 23.4 Å². The Hall–Kier alpha value is -2.88. The molecule has 10 nitrogen and oxygen atoms in total. The molecule has 0 bridgehead atoms. The van der Waals surface area contributed by atoms with Gasteiger partial charge in [0.15, 0.2) is 0 Å². The van der Waals surface area contributed by atoms with Gasteiger partial charge in [-0.2, -0.15) is 26.3 Å². The van der Waals surface area contributed by atoms with Crippen molar-refractivity contribution >= 4 is 23.8 Å². The van der Waals surface area contributed by atoms with Crippen molar-refractivity contribution in [3.8, 4) is 0 Å². The first-order chi connectivity index (χ1) is 25.8. The lowest BCUT2D eigenvalue weighted by Gasteiger charge is -2.58. The first-order valence-corrected chi connectivity index (χ1v) is 20.1. The Morgan fingerprint density at radius 1 is 0.857 bits per heavy atom. The van der Waals surface area contributed by atoms with Crippen LogP contribution in [0.1, 0.15) is 131 Å². The van der Waals surface area contributed by atoms with E-state index >= 15 is 0 Å². The maximum atomic E-state index is 12.9. The number of hydrogen-bond donors (Lipinski definition) is 5. The lowest BCUT2D eigenvalue weighted by molar-refractivity contribution is -0.193. The van der Waals surface area contributed by atoms with Gasteiger partial charge in [-0.05, 0) is 118 Å². The summed E-state index contributed by atoms with van der Waals surface area (Å²) >= 11 is 0. The number of alkyl halides is 6. The summed E-state index contributed by atoms with van der Waals surface area (Å²) in [7, 11) is 0. The van der Waals surface area contributed by atoms with Gasteiger partial charge in [0.1, 0.15) is 12.1 Å². The van der Waals surface area contributed by atoms with Gasteiger partial charge in [-0.25, -0.2) is 14.4 Å². The number of unbranched alkanes of at least 4 members (excludes halogenated alkanes) is 1. The first-order valence-electron chi connectivity index (χ1n) is 20.1. The van der Waals surface area contributed by atoms with Crippen LogP contribution in [0.25, 0.3) is 0 Å². The van der Waals surface area contributed by atoms with Gasteiger partial charge in [-0.15, -0.1) is 0 Å². The van der Waals surface area contributed by atoms with Crippen molar-refractivity contribution in [1.82, 2.24) is 5.32 Å². The number of amides is 1. The van der Waals surface area contributed by atoms with Crippen molar-refractivity contribution in [1.29, 1.82) is 0 Å². The van der Waals surface area contributed by atoms with Crippen molar-refractivity contribution in [2.75, 3.05) is 6.54 Å². The maximum Gasteiger partial charge on any atom is 0.490 e. The van der Waals surface area contributed by atoms with Gasteiger partial charge in [-0.3, -0.25) is 4.79 Å². The molecule has 0 aromatic heterocycles. The number of carbonyl (C=O) groups excluding carboxylic acids is 2. The number of ether oxygens (including phenoxy) is 1. The van der Waals surface area contributed by atoms with E-state index in [0.29, 0.717) is 18.4 Å². The molecule has 0 aromatic carbocycles.